The Morgan fingerprint density at radius 1 is 0.941 bits per heavy atom. The molecule has 0 bridgehead atoms. The van der Waals surface area contributed by atoms with Crippen LogP contribution in [-0.2, 0) is 0 Å². The van der Waals surface area contributed by atoms with Gasteiger partial charge in [0.2, 0.25) is 0 Å². The van der Waals surface area contributed by atoms with Crippen molar-refractivity contribution in [2.24, 2.45) is 0 Å². The van der Waals surface area contributed by atoms with E-state index in [1.807, 2.05) is 60.1 Å². The summed E-state index contributed by atoms with van der Waals surface area (Å²) in [7, 11) is 0. The molecule has 166 valence electrons. The summed E-state index contributed by atoms with van der Waals surface area (Å²) in [5, 5.41) is 7.41. The smallest absolute Gasteiger partial charge is 0.185 e. The van der Waals surface area contributed by atoms with Crippen molar-refractivity contribution < 1.29 is 4.79 Å². The molecule has 0 fully saturated rings. The second-order valence-corrected chi connectivity index (χ2v) is 9.16. The first-order chi connectivity index (χ1) is 16.6. The number of rotatable bonds is 6. The lowest BCUT2D eigenvalue weighted by atomic mass is 10.1. The maximum absolute atomic E-state index is 12.8. The molecular formula is C28H20ClN3OS. The predicted octanol–water partition coefficient (Wildman–Crippen LogP) is 7.43. The number of allylic oxidation sites excluding steroid dienone is 1. The number of para-hydroxylation sites is 2. The number of pyridine rings is 1. The van der Waals surface area contributed by atoms with Gasteiger partial charge >= 0.3 is 0 Å². The SMILES string of the molecule is Cc1nn(-c2ccccc2)c(Sc2cccc3cccnc23)c1/C=C/C(=O)c1ccc(Cl)cc1. The van der Waals surface area contributed by atoms with Crippen molar-refractivity contribution in [2.45, 2.75) is 16.8 Å². The van der Waals surface area contributed by atoms with Crippen LogP contribution in [0, 0.1) is 6.92 Å². The van der Waals surface area contributed by atoms with Crippen LogP contribution in [0.5, 0.6) is 0 Å². The maximum Gasteiger partial charge on any atom is 0.185 e. The first-order valence-electron chi connectivity index (χ1n) is 10.7. The Kier molecular flexibility index (Phi) is 6.30. The van der Waals surface area contributed by atoms with E-state index in [0.717, 1.165) is 37.8 Å². The zero-order chi connectivity index (χ0) is 23.5. The largest absolute Gasteiger partial charge is 0.289 e. The van der Waals surface area contributed by atoms with E-state index in [1.54, 1.807) is 48.3 Å². The van der Waals surface area contributed by atoms with Gasteiger partial charge in [-0.05, 0) is 67.6 Å². The fraction of sp³-hybridized carbons (Fsp3) is 0.0357. The van der Waals surface area contributed by atoms with Gasteiger partial charge in [0.25, 0.3) is 0 Å². The zero-order valence-corrected chi connectivity index (χ0v) is 19.9. The quantitative estimate of drug-likeness (QED) is 0.187. The van der Waals surface area contributed by atoms with E-state index in [2.05, 4.69) is 23.2 Å². The maximum atomic E-state index is 12.8. The van der Waals surface area contributed by atoms with Crippen molar-refractivity contribution in [2.75, 3.05) is 0 Å². The third-order valence-electron chi connectivity index (χ3n) is 5.40. The highest BCUT2D eigenvalue weighted by Gasteiger charge is 2.18. The minimum atomic E-state index is -0.0914. The lowest BCUT2D eigenvalue weighted by Crippen LogP contribution is -1.98. The summed E-state index contributed by atoms with van der Waals surface area (Å²) in [5.41, 5.74) is 4.19. The molecule has 0 unspecified atom stereocenters. The minimum absolute atomic E-state index is 0.0914. The number of carbonyl (C=O) groups excluding carboxylic acids is 1. The number of carbonyl (C=O) groups is 1. The van der Waals surface area contributed by atoms with E-state index < -0.39 is 0 Å². The number of hydrogen-bond acceptors (Lipinski definition) is 4. The Morgan fingerprint density at radius 2 is 1.71 bits per heavy atom. The van der Waals surface area contributed by atoms with Crippen LogP contribution in [-0.4, -0.2) is 20.5 Å². The molecule has 6 heteroatoms. The molecule has 0 saturated heterocycles. The minimum Gasteiger partial charge on any atom is -0.289 e. The fourth-order valence-electron chi connectivity index (χ4n) is 3.68. The van der Waals surface area contributed by atoms with Crippen LogP contribution < -0.4 is 0 Å². The topological polar surface area (TPSA) is 47.8 Å². The Morgan fingerprint density at radius 3 is 2.50 bits per heavy atom. The highest BCUT2D eigenvalue weighted by atomic mass is 35.5. The molecule has 0 aliphatic rings. The molecule has 3 aromatic carbocycles. The molecule has 34 heavy (non-hydrogen) atoms. The van der Waals surface area contributed by atoms with Gasteiger partial charge in [0, 0.05) is 32.6 Å². The van der Waals surface area contributed by atoms with Crippen molar-refractivity contribution in [3.8, 4) is 5.69 Å². The van der Waals surface area contributed by atoms with E-state index in [0.29, 0.717) is 10.6 Å². The van der Waals surface area contributed by atoms with E-state index in [1.165, 1.54) is 0 Å². The summed E-state index contributed by atoms with van der Waals surface area (Å²) >= 11 is 7.56. The number of fused-ring (bicyclic) bond motifs is 1. The highest BCUT2D eigenvalue weighted by Crippen LogP contribution is 2.37. The number of benzene rings is 3. The first-order valence-corrected chi connectivity index (χ1v) is 11.9. The van der Waals surface area contributed by atoms with Crippen LogP contribution in [0.15, 0.2) is 107 Å². The van der Waals surface area contributed by atoms with Crippen LogP contribution in [0.2, 0.25) is 5.02 Å². The molecule has 0 N–H and O–H groups in total. The molecule has 0 aliphatic carbocycles. The molecule has 0 aliphatic heterocycles. The molecule has 0 radical (unpaired) electrons. The van der Waals surface area contributed by atoms with Crippen molar-refractivity contribution >= 4 is 46.1 Å². The van der Waals surface area contributed by atoms with Gasteiger partial charge in [0.05, 0.1) is 16.9 Å². The Bertz CT molecular complexity index is 1500. The van der Waals surface area contributed by atoms with Gasteiger partial charge in [-0.1, -0.05) is 59.8 Å². The third kappa shape index (κ3) is 4.53. The van der Waals surface area contributed by atoms with Crippen LogP contribution in [0.1, 0.15) is 21.6 Å². The van der Waals surface area contributed by atoms with Crippen LogP contribution in [0.4, 0.5) is 0 Å². The molecule has 0 spiro atoms. The summed E-state index contributed by atoms with van der Waals surface area (Å²) < 4.78 is 1.92. The lowest BCUT2D eigenvalue weighted by molar-refractivity contribution is 0.104. The van der Waals surface area contributed by atoms with Crippen molar-refractivity contribution in [1.82, 2.24) is 14.8 Å². The van der Waals surface area contributed by atoms with Crippen molar-refractivity contribution in [3.63, 3.8) is 0 Å². The predicted molar refractivity (Wildman–Crippen MR) is 139 cm³/mol. The molecule has 5 aromatic rings. The average Bonchev–Trinajstić information content (AvgIpc) is 3.18. The second kappa shape index (κ2) is 9.67. The molecular weight excluding hydrogens is 462 g/mol. The second-order valence-electron chi connectivity index (χ2n) is 7.69. The Hall–Kier alpha value is -3.67. The number of aryl methyl sites for hydroxylation is 1. The molecule has 4 nitrogen and oxygen atoms in total. The summed E-state index contributed by atoms with van der Waals surface area (Å²) in [6, 6.07) is 27.0. The molecule has 5 rings (SSSR count). The summed E-state index contributed by atoms with van der Waals surface area (Å²) in [6.07, 6.45) is 5.24. The van der Waals surface area contributed by atoms with Gasteiger partial charge in [-0.2, -0.15) is 5.10 Å². The number of ketones is 1. The summed E-state index contributed by atoms with van der Waals surface area (Å²) in [5.74, 6) is -0.0914. The molecule has 2 heterocycles. The Labute approximate surface area is 206 Å². The monoisotopic (exact) mass is 481 g/mol. The fourth-order valence-corrected chi connectivity index (χ4v) is 4.99. The number of halogens is 1. The van der Waals surface area contributed by atoms with Gasteiger partial charge < -0.3 is 0 Å². The van der Waals surface area contributed by atoms with E-state index in [4.69, 9.17) is 16.7 Å². The molecule has 2 aromatic heterocycles. The first kappa shape index (κ1) is 22.1. The highest BCUT2D eigenvalue weighted by molar-refractivity contribution is 7.99. The van der Waals surface area contributed by atoms with Gasteiger partial charge in [-0.15, -0.1) is 0 Å². The van der Waals surface area contributed by atoms with Gasteiger partial charge in [-0.25, -0.2) is 4.68 Å². The van der Waals surface area contributed by atoms with Gasteiger partial charge in [0.15, 0.2) is 5.78 Å². The van der Waals surface area contributed by atoms with E-state index in [9.17, 15) is 4.79 Å². The van der Waals surface area contributed by atoms with Gasteiger partial charge in [-0.3, -0.25) is 9.78 Å². The molecule has 0 atom stereocenters. The molecule has 0 saturated carbocycles. The van der Waals surface area contributed by atoms with E-state index in [-0.39, 0.29) is 5.78 Å². The summed E-state index contributed by atoms with van der Waals surface area (Å²) in [4.78, 5) is 18.4. The van der Waals surface area contributed by atoms with E-state index >= 15 is 0 Å². The van der Waals surface area contributed by atoms with Gasteiger partial charge in [0.1, 0.15) is 5.03 Å². The number of aromatic nitrogens is 3. The zero-order valence-electron chi connectivity index (χ0n) is 18.4. The van der Waals surface area contributed by atoms with Crippen molar-refractivity contribution in [1.29, 1.82) is 0 Å². The molecule has 0 amide bonds. The summed E-state index contributed by atoms with van der Waals surface area (Å²) in [6.45, 7) is 1.96. The number of nitrogens with zero attached hydrogens (tertiary/aromatic N) is 3. The van der Waals surface area contributed by atoms with Crippen molar-refractivity contribution in [3.05, 3.63) is 119 Å². The van der Waals surface area contributed by atoms with Crippen LogP contribution >= 0.6 is 23.4 Å². The van der Waals surface area contributed by atoms with Crippen LogP contribution in [0.3, 0.4) is 0 Å². The third-order valence-corrected chi connectivity index (χ3v) is 6.78. The normalized spacial score (nSPS) is 11.4. The lowest BCUT2D eigenvalue weighted by Gasteiger charge is -2.10. The standard InChI is InChI=1S/C28H20ClN3OS/c1-19-24(16-17-25(33)20-12-14-22(29)15-13-20)28(32(31-19)23-9-3-2-4-10-23)34-26-11-5-7-21-8-6-18-30-27(21)26/h2-18H,1H3/b17-16+. The van der Waals surface area contributed by atoms with Crippen LogP contribution in [0.25, 0.3) is 22.7 Å². The number of hydrogen-bond donors (Lipinski definition) is 0. The Balaban J connectivity index is 1.59. The average molecular weight is 482 g/mol.